The third kappa shape index (κ3) is 3.14. The molecule has 2 aromatic rings. The second-order valence-electron chi connectivity index (χ2n) is 8.82. The van der Waals surface area contributed by atoms with Gasteiger partial charge >= 0.3 is 5.97 Å². The van der Waals surface area contributed by atoms with Crippen molar-refractivity contribution in [1.82, 2.24) is 0 Å². The SMILES string of the molecule is CC[N+]1=C(C=C2C(=O)C(c3ccc(N(C)C)cc3)=C2[O-])C(C)(C)c2cc(C(=O)O)ccc21. The lowest BCUT2D eigenvalue weighted by Gasteiger charge is -2.31. The molecule has 164 valence electrons. The van der Waals surface area contributed by atoms with Crippen molar-refractivity contribution in [1.29, 1.82) is 0 Å². The average molecular weight is 431 g/mol. The largest absolute Gasteiger partial charge is 0.871 e. The summed E-state index contributed by atoms with van der Waals surface area (Å²) in [6.07, 6.45) is 1.69. The first-order chi connectivity index (χ1) is 15.1. The Bertz CT molecular complexity index is 1250. The number of hydrogen-bond acceptors (Lipinski definition) is 4. The zero-order valence-corrected chi connectivity index (χ0v) is 18.9. The number of carboxylic acid groups (broad SMARTS) is 1. The lowest BCUT2D eigenvalue weighted by atomic mass is 9.77. The van der Waals surface area contributed by atoms with E-state index >= 15 is 0 Å². The number of carboxylic acids is 1. The topological polar surface area (TPSA) is 83.7 Å². The highest BCUT2D eigenvalue weighted by atomic mass is 16.4. The van der Waals surface area contributed by atoms with Gasteiger partial charge in [0.05, 0.1) is 11.0 Å². The number of allylic oxidation sites excluding steroid dienone is 3. The molecule has 32 heavy (non-hydrogen) atoms. The maximum absolute atomic E-state index is 13.0. The van der Waals surface area contributed by atoms with Gasteiger partial charge in [-0.1, -0.05) is 17.9 Å². The summed E-state index contributed by atoms with van der Waals surface area (Å²) in [5.74, 6) is -1.49. The Morgan fingerprint density at radius 3 is 2.34 bits per heavy atom. The molecule has 0 amide bonds. The van der Waals surface area contributed by atoms with Crippen LogP contribution >= 0.6 is 0 Å². The van der Waals surface area contributed by atoms with Crippen molar-refractivity contribution in [2.24, 2.45) is 0 Å². The summed E-state index contributed by atoms with van der Waals surface area (Å²) in [4.78, 5) is 26.4. The first kappa shape index (κ1) is 21.6. The Morgan fingerprint density at radius 2 is 1.81 bits per heavy atom. The van der Waals surface area contributed by atoms with Crippen molar-refractivity contribution in [3.63, 3.8) is 0 Å². The number of carbonyl (C=O) groups is 2. The van der Waals surface area contributed by atoms with E-state index in [4.69, 9.17) is 0 Å². The van der Waals surface area contributed by atoms with Gasteiger partial charge in [0.15, 0.2) is 11.5 Å². The van der Waals surface area contributed by atoms with Crippen molar-refractivity contribution in [2.75, 3.05) is 25.5 Å². The highest BCUT2D eigenvalue weighted by Gasteiger charge is 2.45. The van der Waals surface area contributed by atoms with E-state index in [0.717, 1.165) is 22.6 Å². The highest BCUT2D eigenvalue weighted by Crippen LogP contribution is 2.42. The summed E-state index contributed by atoms with van der Waals surface area (Å²) in [5, 5.41) is 22.4. The van der Waals surface area contributed by atoms with Gasteiger partial charge in [0, 0.05) is 48.6 Å². The molecular formula is C26H26N2O4. The number of carbonyl (C=O) groups excluding carboxylic acids is 1. The first-order valence-corrected chi connectivity index (χ1v) is 10.6. The van der Waals surface area contributed by atoms with Gasteiger partial charge in [-0.25, -0.2) is 4.79 Å². The van der Waals surface area contributed by atoms with Gasteiger partial charge in [0.2, 0.25) is 5.69 Å². The zero-order valence-electron chi connectivity index (χ0n) is 18.9. The van der Waals surface area contributed by atoms with Gasteiger partial charge in [0.1, 0.15) is 6.54 Å². The predicted molar refractivity (Wildman–Crippen MR) is 123 cm³/mol. The van der Waals surface area contributed by atoms with Crippen LogP contribution in [-0.2, 0) is 10.2 Å². The van der Waals surface area contributed by atoms with Gasteiger partial charge in [-0.3, -0.25) is 4.79 Å². The van der Waals surface area contributed by atoms with Crippen molar-refractivity contribution < 1.29 is 24.4 Å². The van der Waals surface area contributed by atoms with Crippen LogP contribution in [0.15, 0.2) is 59.9 Å². The number of Topliss-reactive ketones (excluding diaryl/α,β-unsaturated/α-hetero) is 1. The second kappa shape index (κ2) is 7.48. The van der Waals surface area contributed by atoms with Crippen LogP contribution in [0.1, 0.15) is 42.3 Å². The minimum Gasteiger partial charge on any atom is -0.871 e. The molecule has 0 atom stereocenters. The fraction of sp³-hybridized carbons (Fsp3) is 0.269. The number of rotatable bonds is 5. The Hall–Kier alpha value is -3.67. The van der Waals surface area contributed by atoms with Crippen LogP contribution in [0.3, 0.4) is 0 Å². The second-order valence-corrected chi connectivity index (χ2v) is 8.82. The van der Waals surface area contributed by atoms with Crippen LogP contribution in [0.25, 0.3) is 5.57 Å². The maximum atomic E-state index is 13.0. The fourth-order valence-corrected chi connectivity index (χ4v) is 4.48. The minimum atomic E-state index is -0.984. The van der Waals surface area contributed by atoms with Crippen LogP contribution < -0.4 is 10.0 Å². The molecule has 6 heteroatoms. The van der Waals surface area contributed by atoms with Crippen LogP contribution in [0.5, 0.6) is 0 Å². The van der Waals surface area contributed by atoms with Gasteiger partial charge < -0.3 is 15.1 Å². The van der Waals surface area contributed by atoms with Crippen molar-refractivity contribution in [3.05, 3.63) is 76.6 Å². The molecule has 0 saturated carbocycles. The van der Waals surface area contributed by atoms with Gasteiger partial charge in [-0.15, -0.1) is 0 Å². The lowest BCUT2D eigenvalue weighted by molar-refractivity contribution is -0.433. The standard InChI is InChI=1S/C26H26N2O4/c1-6-28-20-12-9-16(25(31)32)13-19(20)26(2,3)21(28)14-18-23(29)22(24(18)30)15-7-10-17(11-8-15)27(4)5/h7-14H,6H2,1-5H3,(H-,29,30,31,32). The van der Waals surface area contributed by atoms with Crippen LogP contribution in [0.2, 0.25) is 0 Å². The molecule has 0 radical (unpaired) electrons. The number of nitrogens with zero attached hydrogens (tertiary/aromatic N) is 2. The van der Waals surface area contributed by atoms with E-state index in [1.54, 1.807) is 36.4 Å². The molecule has 0 aromatic heterocycles. The molecule has 0 bridgehead atoms. The summed E-state index contributed by atoms with van der Waals surface area (Å²) in [5.41, 5.74) is 4.26. The minimum absolute atomic E-state index is 0.171. The lowest BCUT2D eigenvalue weighted by Crippen LogP contribution is -2.33. The van der Waals surface area contributed by atoms with E-state index in [0.29, 0.717) is 12.1 Å². The third-order valence-corrected chi connectivity index (χ3v) is 6.35. The summed E-state index contributed by atoms with van der Waals surface area (Å²) >= 11 is 0. The van der Waals surface area contributed by atoms with E-state index in [1.165, 1.54) is 0 Å². The Kier molecular flexibility index (Phi) is 5.04. The maximum Gasteiger partial charge on any atom is 0.335 e. The molecule has 1 aliphatic carbocycles. The number of fused-ring (bicyclic) bond motifs is 1. The van der Waals surface area contributed by atoms with Crippen molar-refractivity contribution >= 4 is 34.4 Å². The molecule has 0 spiro atoms. The third-order valence-electron chi connectivity index (χ3n) is 6.35. The number of ketones is 1. The molecule has 2 aliphatic rings. The molecule has 1 heterocycles. The summed E-state index contributed by atoms with van der Waals surface area (Å²) in [7, 11) is 3.86. The van der Waals surface area contributed by atoms with Crippen LogP contribution in [-0.4, -0.2) is 47.8 Å². The molecule has 0 saturated heterocycles. The number of aromatic carboxylic acids is 1. The van der Waals surface area contributed by atoms with E-state index < -0.39 is 11.4 Å². The van der Waals surface area contributed by atoms with E-state index in [-0.39, 0.29) is 28.3 Å². The molecule has 1 aliphatic heterocycles. The van der Waals surface area contributed by atoms with Gasteiger partial charge in [-0.2, -0.15) is 4.58 Å². The van der Waals surface area contributed by atoms with Crippen LogP contribution in [0, 0.1) is 0 Å². The normalized spacial score (nSPS) is 18.2. The first-order valence-electron chi connectivity index (χ1n) is 10.6. The summed E-state index contributed by atoms with van der Waals surface area (Å²) < 4.78 is 2.04. The van der Waals surface area contributed by atoms with E-state index in [1.807, 2.05) is 56.5 Å². The molecular weight excluding hydrogens is 404 g/mol. The summed E-state index contributed by atoms with van der Waals surface area (Å²) in [6.45, 7) is 6.59. The number of anilines is 1. The number of hydrogen-bond donors (Lipinski definition) is 1. The molecule has 4 rings (SSSR count). The van der Waals surface area contributed by atoms with Gasteiger partial charge in [0.25, 0.3) is 0 Å². The molecule has 0 fully saturated rings. The molecule has 6 nitrogen and oxygen atoms in total. The molecule has 0 unspecified atom stereocenters. The zero-order chi connectivity index (χ0) is 23.4. The Morgan fingerprint density at radius 1 is 1.16 bits per heavy atom. The monoisotopic (exact) mass is 430 g/mol. The number of benzene rings is 2. The molecule has 1 N–H and O–H groups in total. The predicted octanol–water partition coefficient (Wildman–Crippen LogP) is 3.13. The smallest absolute Gasteiger partial charge is 0.335 e. The van der Waals surface area contributed by atoms with Gasteiger partial charge in [-0.05, 0) is 50.6 Å². The van der Waals surface area contributed by atoms with Crippen molar-refractivity contribution in [2.45, 2.75) is 26.2 Å². The van der Waals surface area contributed by atoms with E-state index in [2.05, 4.69) is 0 Å². The Labute approximate surface area is 187 Å². The average Bonchev–Trinajstić information content (AvgIpc) is 2.97. The quantitative estimate of drug-likeness (QED) is 0.582. The fourth-order valence-electron chi connectivity index (χ4n) is 4.48. The highest BCUT2D eigenvalue weighted by molar-refractivity contribution is 6.40. The van der Waals surface area contributed by atoms with Crippen LogP contribution in [0.4, 0.5) is 11.4 Å². The Balaban J connectivity index is 1.76. The molecule has 2 aromatic carbocycles. The summed E-state index contributed by atoms with van der Waals surface area (Å²) in [6, 6.07) is 12.4. The van der Waals surface area contributed by atoms with Crippen molar-refractivity contribution in [3.8, 4) is 0 Å². The van der Waals surface area contributed by atoms with E-state index in [9.17, 15) is 19.8 Å².